The van der Waals surface area contributed by atoms with E-state index in [1.54, 1.807) is 6.07 Å². The molecule has 1 aromatic rings. The van der Waals surface area contributed by atoms with Gasteiger partial charge in [-0.05, 0) is 50.2 Å². The highest BCUT2D eigenvalue weighted by atomic mass is 32.2. The van der Waals surface area contributed by atoms with E-state index in [0.717, 1.165) is 36.6 Å². The lowest BCUT2D eigenvalue weighted by Crippen LogP contribution is -2.24. The maximum absolute atomic E-state index is 12.2. The minimum absolute atomic E-state index is 0.454. The summed E-state index contributed by atoms with van der Waals surface area (Å²) < 4.78 is 27.5. The summed E-state index contributed by atoms with van der Waals surface area (Å²) in [6, 6.07) is 4.39. The third kappa shape index (κ3) is 5.06. The van der Waals surface area contributed by atoms with Crippen LogP contribution in [-0.2, 0) is 16.4 Å². The van der Waals surface area contributed by atoms with E-state index in [2.05, 4.69) is 10.0 Å². The highest BCUT2D eigenvalue weighted by Gasteiger charge is 2.22. The van der Waals surface area contributed by atoms with E-state index in [0.29, 0.717) is 16.8 Å². The van der Waals surface area contributed by atoms with E-state index >= 15 is 0 Å². The van der Waals surface area contributed by atoms with Crippen molar-refractivity contribution in [2.75, 3.05) is 13.1 Å². The maximum Gasteiger partial charge on any atom is 0.250 e. The Morgan fingerprint density at radius 3 is 2.67 bits per heavy atom. The molecule has 0 bridgehead atoms. The van der Waals surface area contributed by atoms with Crippen LogP contribution in [0.3, 0.4) is 0 Å². The molecule has 0 saturated heterocycles. The van der Waals surface area contributed by atoms with Gasteiger partial charge in [0.05, 0.1) is 0 Å². The van der Waals surface area contributed by atoms with Crippen molar-refractivity contribution in [2.45, 2.75) is 55.2 Å². The summed E-state index contributed by atoms with van der Waals surface area (Å²) in [6.07, 6.45) is 8.26. The number of sulfonamides is 1. The van der Waals surface area contributed by atoms with Crippen LogP contribution in [0.15, 0.2) is 16.3 Å². The average Bonchev–Trinajstić information content (AvgIpc) is 3.36. The summed E-state index contributed by atoms with van der Waals surface area (Å²) in [5.41, 5.74) is 0. The van der Waals surface area contributed by atoms with Crippen LogP contribution in [0.4, 0.5) is 0 Å². The molecule has 0 aliphatic heterocycles. The quantitative estimate of drug-likeness (QED) is 0.649. The van der Waals surface area contributed by atoms with Crippen LogP contribution in [0.5, 0.6) is 0 Å². The molecule has 2 saturated carbocycles. The van der Waals surface area contributed by atoms with Gasteiger partial charge in [-0.25, -0.2) is 13.1 Å². The highest BCUT2D eigenvalue weighted by Crippen LogP contribution is 2.33. The molecule has 2 aliphatic carbocycles. The molecule has 4 nitrogen and oxygen atoms in total. The molecule has 1 heterocycles. The summed E-state index contributed by atoms with van der Waals surface area (Å²) in [5.74, 6) is 0.863. The van der Waals surface area contributed by atoms with Crippen molar-refractivity contribution >= 4 is 21.4 Å². The first-order valence-corrected chi connectivity index (χ1v) is 10.3. The van der Waals surface area contributed by atoms with E-state index < -0.39 is 10.0 Å². The zero-order chi connectivity index (χ0) is 14.7. The molecule has 6 heteroatoms. The van der Waals surface area contributed by atoms with Crippen molar-refractivity contribution < 1.29 is 8.42 Å². The first-order valence-electron chi connectivity index (χ1n) is 7.95. The summed E-state index contributed by atoms with van der Waals surface area (Å²) in [6.45, 7) is 1.51. The Morgan fingerprint density at radius 1 is 1.14 bits per heavy atom. The molecule has 2 N–H and O–H groups in total. The Balaban J connectivity index is 1.43. The largest absolute Gasteiger partial charge is 0.314 e. The first-order chi connectivity index (χ1) is 10.1. The number of thiophene rings is 1. The van der Waals surface area contributed by atoms with Gasteiger partial charge < -0.3 is 5.32 Å². The Morgan fingerprint density at radius 2 is 1.95 bits per heavy atom. The predicted octanol–water partition coefficient (Wildman–Crippen LogP) is 2.51. The number of rotatable bonds is 10. The normalized spacial score (nSPS) is 19.0. The Bertz CT molecular complexity index is 560. The Kier molecular flexibility index (Phi) is 4.99. The van der Waals surface area contributed by atoms with E-state index in [9.17, 15) is 8.42 Å². The van der Waals surface area contributed by atoms with Gasteiger partial charge in [0.15, 0.2) is 0 Å². The molecule has 118 valence electrons. The number of nitrogens with one attached hydrogen (secondary N) is 2. The fourth-order valence-corrected chi connectivity index (χ4v) is 4.87. The van der Waals surface area contributed by atoms with Crippen LogP contribution >= 0.6 is 11.3 Å². The molecule has 0 radical (unpaired) electrons. The minimum atomic E-state index is -3.30. The Labute approximate surface area is 131 Å². The van der Waals surface area contributed by atoms with E-state index in [4.69, 9.17) is 0 Å². The molecule has 3 rings (SSSR count). The van der Waals surface area contributed by atoms with Gasteiger partial charge in [0.25, 0.3) is 0 Å². The fourth-order valence-electron chi connectivity index (χ4n) is 2.40. The maximum atomic E-state index is 12.2. The second-order valence-electron chi connectivity index (χ2n) is 6.18. The SMILES string of the molecule is O=S(=O)(NCCCC1CC1)c1ccc(CCNC2CC2)s1. The van der Waals surface area contributed by atoms with Gasteiger partial charge in [0.1, 0.15) is 4.21 Å². The van der Waals surface area contributed by atoms with Gasteiger partial charge in [-0.1, -0.05) is 12.8 Å². The third-order valence-electron chi connectivity index (χ3n) is 4.06. The van der Waals surface area contributed by atoms with Gasteiger partial charge >= 0.3 is 0 Å². The van der Waals surface area contributed by atoms with E-state index in [-0.39, 0.29) is 0 Å². The van der Waals surface area contributed by atoms with E-state index in [1.807, 2.05) is 6.07 Å². The monoisotopic (exact) mass is 328 g/mol. The molecular formula is C15H24N2O2S2. The van der Waals surface area contributed by atoms with Gasteiger partial charge in [0.2, 0.25) is 10.0 Å². The average molecular weight is 329 g/mol. The zero-order valence-corrected chi connectivity index (χ0v) is 13.9. The summed E-state index contributed by atoms with van der Waals surface area (Å²) in [7, 11) is -3.30. The van der Waals surface area contributed by atoms with Crippen LogP contribution in [0, 0.1) is 5.92 Å². The van der Waals surface area contributed by atoms with Crippen LogP contribution in [-0.4, -0.2) is 27.5 Å². The lowest BCUT2D eigenvalue weighted by Gasteiger charge is -2.04. The highest BCUT2D eigenvalue weighted by molar-refractivity contribution is 7.91. The molecule has 0 spiro atoms. The van der Waals surface area contributed by atoms with Gasteiger partial charge in [0, 0.05) is 24.0 Å². The van der Waals surface area contributed by atoms with Crippen molar-refractivity contribution in [3.63, 3.8) is 0 Å². The number of hydrogen-bond donors (Lipinski definition) is 2. The molecule has 2 fully saturated rings. The molecule has 0 amide bonds. The predicted molar refractivity (Wildman–Crippen MR) is 86.2 cm³/mol. The van der Waals surface area contributed by atoms with Crippen molar-refractivity contribution in [1.82, 2.24) is 10.0 Å². The standard InChI is InChI=1S/C15H24N2O2S2/c18-21(19,17-10-1-2-12-3-4-12)15-8-7-14(20-15)9-11-16-13-5-6-13/h7-8,12-13,16-17H,1-6,9-11H2. The van der Waals surface area contributed by atoms with Gasteiger partial charge in [-0.2, -0.15) is 0 Å². The topological polar surface area (TPSA) is 58.2 Å². The first kappa shape index (κ1) is 15.5. The molecule has 2 aliphatic rings. The van der Waals surface area contributed by atoms with Crippen LogP contribution in [0.1, 0.15) is 43.4 Å². The lowest BCUT2D eigenvalue weighted by atomic mass is 10.2. The molecule has 1 aromatic heterocycles. The second-order valence-corrected chi connectivity index (χ2v) is 9.34. The van der Waals surface area contributed by atoms with Crippen LogP contribution < -0.4 is 10.0 Å². The summed E-state index contributed by atoms with van der Waals surface area (Å²) >= 11 is 1.40. The van der Waals surface area contributed by atoms with Crippen molar-refractivity contribution in [1.29, 1.82) is 0 Å². The second kappa shape index (κ2) is 6.77. The lowest BCUT2D eigenvalue weighted by molar-refractivity contribution is 0.574. The molecule has 21 heavy (non-hydrogen) atoms. The van der Waals surface area contributed by atoms with Crippen molar-refractivity contribution in [3.8, 4) is 0 Å². The third-order valence-corrected chi connectivity index (χ3v) is 7.16. The van der Waals surface area contributed by atoms with Crippen molar-refractivity contribution in [2.24, 2.45) is 5.92 Å². The van der Waals surface area contributed by atoms with Crippen LogP contribution in [0.2, 0.25) is 0 Å². The summed E-state index contributed by atoms with van der Waals surface area (Å²) in [5, 5.41) is 3.45. The van der Waals surface area contributed by atoms with E-state index in [1.165, 1.54) is 37.0 Å². The minimum Gasteiger partial charge on any atom is -0.314 e. The van der Waals surface area contributed by atoms with Crippen molar-refractivity contribution in [3.05, 3.63) is 17.0 Å². The van der Waals surface area contributed by atoms with Gasteiger partial charge in [-0.3, -0.25) is 0 Å². The number of hydrogen-bond acceptors (Lipinski definition) is 4. The van der Waals surface area contributed by atoms with Gasteiger partial charge in [-0.15, -0.1) is 11.3 Å². The summed E-state index contributed by atoms with van der Waals surface area (Å²) in [4.78, 5) is 1.14. The molecular weight excluding hydrogens is 304 g/mol. The Hall–Kier alpha value is -0.430. The molecule has 0 aromatic carbocycles. The zero-order valence-electron chi connectivity index (χ0n) is 12.3. The smallest absolute Gasteiger partial charge is 0.250 e. The molecule has 0 atom stereocenters. The fraction of sp³-hybridized carbons (Fsp3) is 0.733. The van der Waals surface area contributed by atoms with Crippen LogP contribution in [0.25, 0.3) is 0 Å². The molecule has 0 unspecified atom stereocenters.